The van der Waals surface area contributed by atoms with Gasteiger partial charge in [0.15, 0.2) is 6.61 Å². The lowest BCUT2D eigenvalue weighted by atomic mass is 10.1. The Hall–Kier alpha value is -3.74. The van der Waals surface area contributed by atoms with Gasteiger partial charge in [0, 0.05) is 12.1 Å². The van der Waals surface area contributed by atoms with E-state index in [9.17, 15) is 18.8 Å². The molecule has 154 valence electrons. The first-order valence-corrected chi connectivity index (χ1v) is 9.45. The van der Waals surface area contributed by atoms with Crippen LogP contribution in [0.3, 0.4) is 0 Å². The molecule has 6 nitrogen and oxygen atoms in total. The summed E-state index contributed by atoms with van der Waals surface area (Å²) in [5.74, 6) is -1.88. The number of carbonyl (C=O) groups excluding carboxylic acids is 3. The first-order chi connectivity index (χ1) is 14.5. The number of benzene rings is 3. The van der Waals surface area contributed by atoms with Crippen molar-refractivity contribution in [1.29, 1.82) is 0 Å². The lowest BCUT2D eigenvalue weighted by Gasteiger charge is -2.08. The zero-order chi connectivity index (χ0) is 21.3. The lowest BCUT2D eigenvalue weighted by Crippen LogP contribution is -2.34. The molecule has 0 aliphatic rings. The molecule has 2 N–H and O–H groups in total. The monoisotopic (exact) mass is 408 g/mol. The number of hydrogen-bond donors (Lipinski definition) is 2. The maximum atomic E-state index is 12.8. The third kappa shape index (κ3) is 6.13. The van der Waals surface area contributed by atoms with Gasteiger partial charge in [-0.2, -0.15) is 0 Å². The van der Waals surface area contributed by atoms with E-state index in [1.165, 1.54) is 12.1 Å². The summed E-state index contributed by atoms with van der Waals surface area (Å²) in [5, 5.41) is 7.03. The number of rotatable bonds is 8. The maximum Gasteiger partial charge on any atom is 0.325 e. The second kappa shape index (κ2) is 10.2. The highest BCUT2D eigenvalue weighted by Crippen LogP contribution is 2.15. The Morgan fingerprint density at radius 3 is 2.37 bits per heavy atom. The Bertz CT molecular complexity index is 1050. The van der Waals surface area contributed by atoms with E-state index in [0.29, 0.717) is 18.5 Å². The van der Waals surface area contributed by atoms with Gasteiger partial charge < -0.3 is 15.4 Å². The van der Waals surface area contributed by atoms with Crippen LogP contribution in [0.2, 0.25) is 0 Å². The minimum atomic E-state index is -0.710. The summed E-state index contributed by atoms with van der Waals surface area (Å²) in [4.78, 5) is 35.7. The molecule has 0 atom stereocenters. The van der Waals surface area contributed by atoms with Gasteiger partial charge in [-0.05, 0) is 47.0 Å². The summed E-state index contributed by atoms with van der Waals surface area (Å²) in [6.07, 6.45) is 0.530. The molecule has 3 rings (SSSR count). The molecule has 0 spiro atoms. The molecule has 0 fully saturated rings. The van der Waals surface area contributed by atoms with Gasteiger partial charge >= 0.3 is 5.97 Å². The average Bonchev–Trinajstić information content (AvgIpc) is 2.77. The van der Waals surface area contributed by atoms with Gasteiger partial charge in [0.05, 0.1) is 0 Å². The molecule has 0 radical (unpaired) electrons. The highest BCUT2D eigenvalue weighted by molar-refractivity contribution is 5.99. The molecule has 0 heterocycles. The van der Waals surface area contributed by atoms with Crippen molar-refractivity contribution in [3.05, 3.63) is 83.7 Å². The lowest BCUT2D eigenvalue weighted by molar-refractivity contribution is -0.147. The van der Waals surface area contributed by atoms with Crippen LogP contribution in [0.4, 0.5) is 4.39 Å². The van der Waals surface area contributed by atoms with E-state index in [4.69, 9.17) is 4.74 Å². The number of nitrogens with one attached hydrogen (secondary N) is 2. The van der Waals surface area contributed by atoms with Crippen LogP contribution >= 0.6 is 0 Å². The van der Waals surface area contributed by atoms with Gasteiger partial charge in [-0.1, -0.05) is 42.5 Å². The quantitative estimate of drug-likeness (QED) is 0.561. The van der Waals surface area contributed by atoms with Gasteiger partial charge in [-0.15, -0.1) is 0 Å². The molecule has 0 saturated heterocycles. The molecule has 0 saturated carbocycles. The van der Waals surface area contributed by atoms with Gasteiger partial charge in [-0.25, -0.2) is 4.39 Å². The molecular weight excluding hydrogens is 387 g/mol. The van der Waals surface area contributed by atoms with Gasteiger partial charge in [0.25, 0.3) is 11.8 Å². The Morgan fingerprint density at radius 1 is 0.867 bits per heavy atom. The molecule has 0 aliphatic heterocycles. The Kier molecular flexibility index (Phi) is 7.10. The summed E-state index contributed by atoms with van der Waals surface area (Å²) in [5.41, 5.74) is 1.31. The van der Waals surface area contributed by atoms with Crippen molar-refractivity contribution in [3.63, 3.8) is 0 Å². The number of fused-ring (bicyclic) bond motifs is 1. The first-order valence-electron chi connectivity index (χ1n) is 9.45. The molecule has 3 aromatic carbocycles. The molecule has 0 bridgehead atoms. The largest absolute Gasteiger partial charge is 0.454 e. The van der Waals surface area contributed by atoms with Gasteiger partial charge in [0.1, 0.15) is 12.4 Å². The molecule has 3 aromatic rings. The minimum absolute atomic E-state index is 0.317. The molecule has 0 aliphatic carbocycles. The van der Waals surface area contributed by atoms with E-state index in [0.717, 1.165) is 16.3 Å². The molecule has 0 aromatic heterocycles. The summed E-state index contributed by atoms with van der Waals surface area (Å²) >= 11 is 0. The van der Waals surface area contributed by atoms with Crippen molar-refractivity contribution >= 4 is 28.6 Å². The third-order valence-corrected chi connectivity index (χ3v) is 4.42. The molecule has 7 heteroatoms. The van der Waals surface area contributed by atoms with Crippen molar-refractivity contribution in [2.45, 2.75) is 6.42 Å². The normalized spacial score (nSPS) is 10.4. The van der Waals surface area contributed by atoms with Crippen LogP contribution < -0.4 is 10.6 Å². The molecule has 30 heavy (non-hydrogen) atoms. The summed E-state index contributed by atoms with van der Waals surface area (Å²) in [6.45, 7) is -0.441. The summed E-state index contributed by atoms with van der Waals surface area (Å²) < 4.78 is 17.7. The van der Waals surface area contributed by atoms with E-state index in [2.05, 4.69) is 10.6 Å². The number of hydrogen-bond acceptors (Lipinski definition) is 4. The Labute approximate surface area is 173 Å². The predicted octanol–water partition coefficient (Wildman–Crippen LogP) is 2.61. The maximum absolute atomic E-state index is 12.8. The van der Waals surface area contributed by atoms with Crippen molar-refractivity contribution in [3.8, 4) is 0 Å². The van der Waals surface area contributed by atoms with Crippen LogP contribution in [0.25, 0.3) is 10.8 Å². The van der Waals surface area contributed by atoms with E-state index in [1.54, 1.807) is 24.3 Å². The SMILES string of the molecule is O=C(COC(=O)CNC(=O)c1ccc2ccccc2c1)NCCc1ccc(F)cc1. The van der Waals surface area contributed by atoms with E-state index in [1.807, 2.05) is 30.3 Å². The van der Waals surface area contributed by atoms with E-state index < -0.39 is 24.4 Å². The molecule has 2 amide bonds. The number of esters is 1. The van der Waals surface area contributed by atoms with Crippen LogP contribution in [0.5, 0.6) is 0 Å². The Balaban J connectivity index is 1.35. The summed E-state index contributed by atoms with van der Waals surface area (Å²) in [6, 6.07) is 18.9. The predicted molar refractivity (Wildman–Crippen MR) is 110 cm³/mol. The summed E-state index contributed by atoms with van der Waals surface area (Å²) in [7, 11) is 0. The number of carbonyl (C=O) groups is 3. The van der Waals surface area contributed by atoms with Gasteiger partial charge in [0.2, 0.25) is 0 Å². The van der Waals surface area contributed by atoms with Crippen molar-refractivity contribution in [2.24, 2.45) is 0 Å². The fourth-order valence-electron chi connectivity index (χ4n) is 2.83. The fraction of sp³-hybridized carbons (Fsp3) is 0.174. The third-order valence-electron chi connectivity index (χ3n) is 4.42. The van der Waals surface area contributed by atoms with Crippen LogP contribution in [-0.2, 0) is 20.7 Å². The first kappa shape index (κ1) is 21.0. The molecular formula is C23H21FN2O4. The van der Waals surface area contributed by atoms with E-state index >= 15 is 0 Å². The second-order valence-corrected chi connectivity index (χ2v) is 6.63. The zero-order valence-electron chi connectivity index (χ0n) is 16.2. The fourth-order valence-corrected chi connectivity index (χ4v) is 2.83. The van der Waals surface area contributed by atoms with Crippen LogP contribution in [-0.4, -0.2) is 37.5 Å². The average molecular weight is 408 g/mol. The number of ether oxygens (including phenoxy) is 1. The van der Waals surface area contributed by atoms with E-state index in [-0.39, 0.29) is 12.4 Å². The second-order valence-electron chi connectivity index (χ2n) is 6.63. The van der Waals surface area contributed by atoms with Crippen molar-refractivity contribution < 1.29 is 23.5 Å². The number of halogens is 1. The zero-order valence-corrected chi connectivity index (χ0v) is 16.2. The topological polar surface area (TPSA) is 84.5 Å². The number of amides is 2. The highest BCUT2D eigenvalue weighted by atomic mass is 19.1. The van der Waals surface area contributed by atoms with Crippen LogP contribution in [0.1, 0.15) is 15.9 Å². The van der Waals surface area contributed by atoms with Gasteiger partial charge in [-0.3, -0.25) is 14.4 Å². The smallest absolute Gasteiger partial charge is 0.325 e. The van der Waals surface area contributed by atoms with Crippen LogP contribution in [0, 0.1) is 5.82 Å². The van der Waals surface area contributed by atoms with Crippen molar-refractivity contribution in [2.75, 3.05) is 19.7 Å². The molecule has 0 unspecified atom stereocenters. The minimum Gasteiger partial charge on any atom is -0.454 e. The van der Waals surface area contributed by atoms with Crippen LogP contribution in [0.15, 0.2) is 66.7 Å². The Morgan fingerprint density at radius 2 is 1.60 bits per heavy atom. The highest BCUT2D eigenvalue weighted by Gasteiger charge is 2.11. The van der Waals surface area contributed by atoms with Crippen molar-refractivity contribution in [1.82, 2.24) is 10.6 Å². The standard InChI is InChI=1S/C23H21FN2O4/c24-20-9-5-16(6-10-20)11-12-25-21(27)15-30-22(28)14-26-23(29)19-8-7-17-3-1-2-4-18(17)13-19/h1-10,13H,11-12,14-15H2,(H,25,27)(H,26,29).